The number of thiocarbonyl (C=S) groups is 1. The van der Waals surface area contributed by atoms with Gasteiger partial charge in [0.25, 0.3) is 0 Å². The van der Waals surface area contributed by atoms with E-state index in [1.54, 1.807) is 20.4 Å². The van der Waals surface area contributed by atoms with Crippen LogP contribution in [0.15, 0.2) is 60.1 Å². The van der Waals surface area contributed by atoms with Gasteiger partial charge in [0.05, 0.1) is 44.4 Å². The SMILES string of the molecule is CCOc1ccccc1N1C2=C(Cc3c(CO)cnc(C)c3O2)C(=S)N[C@H]1c1ccc(OC)c(OC)c1. The Morgan fingerprint density at radius 3 is 2.65 bits per heavy atom. The highest BCUT2D eigenvalue weighted by atomic mass is 32.1. The zero-order valence-electron chi connectivity index (χ0n) is 21.2. The van der Waals surface area contributed by atoms with Crippen LogP contribution in [0.1, 0.15) is 35.5 Å². The largest absolute Gasteiger partial charge is 0.493 e. The summed E-state index contributed by atoms with van der Waals surface area (Å²) in [5.41, 5.74) is 4.89. The number of aryl methyl sites for hydroxylation is 1. The summed E-state index contributed by atoms with van der Waals surface area (Å²) in [6, 6.07) is 13.6. The molecular formula is C28H29N3O5S. The van der Waals surface area contributed by atoms with Gasteiger partial charge in [0.15, 0.2) is 17.2 Å². The lowest BCUT2D eigenvalue weighted by Crippen LogP contribution is -2.49. The van der Waals surface area contributed by atoms with E-state index < -0.39 is 6.17 Å². The van der Waals surface area contributed by atoms with Gasteiger partial charge in [-0.1, -0.05) is 30.4 Å². The summed E-state index contributed by atoms with van der Waals surface area (Å²) in [5, 5.41) is 13.5. The number of methoxy groups -OCH3 is 2. The van der Waals surface area contributed by atoms with Crippen LogP contribution in [0.2, 0.25) is 0 Å². The first kappa shape index (κ1) is 24.9. The van der Waals surface area contributed by atoms with Crippen molar-refractivity contribution >= 4 is 22.9 Å². The molecule has 2 aliphatic heterocycles. The Morgan fingerprint density at radius 1 is 1.14 bits per heavy atom. The number of ether oxygens (including phenoxy) is 4. The number of aliphatic hydroxyl groups excluding tert-OH is 1. The van der Waals surface area contributed by atoms with E-state index >= 15 is 0 Å². The highest BCUT2D eigenvalue weighted by Gasteiger charge is 2.40. The van der Waals surface area contributed by atoms with Crippen molar-refractivity contribution in [3.63, 3.8) is 0 Å². The molecule has 8 nitrogen and oxygen atoms in total. The van der Waals surface area contributed by atoms with Crippen LogP contribution in [-0.4, -0.2) is 35.9 Å². The molecule has 0 amide bonds. The molecule has 0 unspecified atom stereocenters. The van der Waals surface area contributed by atoms with E-state index in [9.17, 15) is 5.11 Å². The molecular weight excluding hydrogens is 490 g/mol. The molecule has 0 spiro atoms. The zero-order valence-corrected chi connectivity index (χ0v) is 22.0. The molecule has 2 aliphatic rings. The first-order valence-electron chi connectivity index (χ1n) is 12.0. The van der Waals surface area contributed by atoms with Crippen molar-refractivity contribution < 1.29 is 24.1 Å². The molecule has 1 atom stereocenters. The van der Waals surface area contributed by atoms with E-state index in [0.717, 1.165) is 33.6 Å². The van der Waals surface area contributed by atoms with E-state index in [4.69, 9.17) is 31.2 Å². The normalized spacial score (nSPS) is 16.4. The molecule has 0 bridgehead atoms. The maximum absolute atomic E-state index is 9.95. The molecule has 1 aromatic heterocycles. The maximum Gasteiger partial charge on any atom is 0.209 e. The Hall–Kier alpha value is -3.82. The predicted molar refractivity (Wildman–Crippen MR) is 144 cm³/mol. The van der Waals surface area contributed by atoms with Gasteiger partial charge in [-0.15, -0.1) is 0 Å². The number of hydrogen-bond acceptors (Lipinski definition) is 8. The molecule has 3 aromatic rings. The van der Waals surface area contributed by atoms with Gasteiger partial charge in [-0.05, 0) is 43.7 Å². The maximum atomic E-state index is 9.95. The minimum absolute atomic E-state index is 0.132. The molecule has 0 aliphatic carbocycles. The van der Waals surface area contributed by atoms with Gasteiger partial charge in [-0.25, -0.2) is 0 Å². The minimum atomic E-state index is -0.427. The Morgan fingerprint density at radius 2 is 1.92 bits per heavy atom. The van der Waals surface area contributed by atoms with Gasteiger partial charge in [0.1, 0.15) is 16.9 Å². The van der Waals surface area contributed by atoms with Crippen LogP contribution in [0.4, 0.5) is 5.69 Å². The number of anilines is 1. The van der Waals surface area contributed by atoms with Crippen LogP contribution in [-0.2, 0) is 13.0 Å². The van der Waals surface area contributed by atoms with Gasteiger partial charge < -0.3 is 29.4 Å². The number of benzene rings is 2. The number of fused-ring (bicyclic) bond motifs is 1. The smallest absolute Gasteiger partial charge is 0.209 e. The van der Waals surface area contributed by atoms with Crippen molar-refractivity contribution in [2.45, 2.75) is 33.0 Å². The number of hydrogen-bond donors (Lipinski definition) is 2. The molecule has 2 aromatic carbocycles. The van der Waals surface area contributed by atoms with E-state index in [1.165, 1.54) is 0 Å². The zero-order chi connectivity index (χ0) is 26.1. The lowest BCUT2D eigenvalue weighted by atomic mass is 9.95. The second-order valence-corrected chi connectivity index (χ2v) is 9.07. The average Bonchev–Trinajstić information content (AvgIpc) is 2.93. The summed E-state index contributed by atoms with van der Waals surface area (Å²) in [7, 11) is 3.22. The van der Waals surface area contributed by atoms with Gasteiger partial charge >= 0.3 is 0 Å². The standard InChI is InChI=1S/C28H29N3O5S/c1-5-35-22-9-7-6-8-21(22)31-26(17-10-11-23(33-3)24(12-17)34-4)30-27(37)20-13-19-18(15-32)14-29-16(2)25(19)36-28(20)31/h6-12,14,26,32H,5,13,15H2,1-4H3,(H,30,37)/t26-/m1/s1. The van der Waals surface area contributed by atoms with Crippen LogP contribution in [0.3, 0.4) is 0 Å². The third-order valence-corrected chi connectivity index (χ3v) is 6.92. The molecule has 0 saturated carbocycles. The molecule has 3 heterocycles. The monoisotopic (exact) mass is 519 g/mol. The topological polar surface area (TPSA) is 85.3 Å². The second-order valence-electron chi connectivity index (χ2n) is 8.66. The van der Waals surface area contributed by atoms with E-state index in [2.05, 4.69) is 15.2 Å². The summed E-state index contributed by atoms with van der Waals surface area (Å²) in [4.78, 5) is 7.09. The lowest BCUT2D eigenvalue weighted by Gasteiger charge is -2.43. The fourth-order valence-corrected chi connectivity index (χ4v) is 5.03. The van der Waals surface area contributed by atoms with Crippen LogP contribution >= 0.6 is 12.2 Å². The fourth-order valence-electron chi connectivity index (χ4n) is 4.75. The van der Waals surface area contributed by atoms with Crippen molar-refractivity contribution in [3.05, 3.63) is 82.5 Å². The number of nitrogens with zero attached hydrogens (tertiary/aromatic N) is 2. The highest BCUT2D eigenvalue weighted by Crippen LogP contribution is 2.45. The molecule has 192 valence electrons. The second kappa shape index (κ2) is 10.3. The average molecular weight is 520 g/mol. The van der Waals surface area contributed by atoms with Gasteiger partial charge in [0.2, 0.25) is 5.88 Å². The van der Waals surface area contributed by atoms with Crippen LogP contribution in [0, 0.1) is 6.92 Å². The first-order chi connectivity index (χ1) is 18.0. The number of pyridine rings is 1. The van der Waals surface area contributed by atoms with Crippen molar-refractivity contribution in [1.29, 1.82) is 0 Å². The number of para-hydroxylation sites is 2. The summed E-state index contributed by atoms with van der Waals surface area (Å²) >= 11 is 5.88. The van der Waals surface area contributed by atoms with Crippen LogP contribution in [0.5, 0.6) is 23.0 Å². The van der Waals surface area contributed by atoms with E-state index in [0.29, 0.717) is 46.9 Å². The Bertz CT molecular complexity index is 1390. The summed E-state index contributed by atoms with van der Waals surface area (Å²) < 4.78 is 23.7. The quantitative estimate of drug-likeness (QED) is 0.436. The van der Waals surface area contributed by atoms with Crippen molar-refractivity contribution in [3.8, 4) is 23.0 Å². The number of aromatic nitrogens is 1. The van der Waals surface area contributed by atoms with Crippen molar-refractivity contribution in [2.24, 2.45) is 0 Å². The summed E-state index contributed by atoms with van der Waals surface area (Å²) in [6.45, 7) is 4.23. The van der Waals surface area contributed by atoms with E-state index in [1.807, 2.05) is 56.3 Å². The predicted octanol–water partition coefficient (Wildman–Crippen LogP) is 4.58. The van der Waals surface area contributed by atoms with E-state index in [-0.39, 0.29) is 6.61 Å². The Balaban J connectivity index is 1.71. The minimum Gasteiger partial charge on any atom is -0.493 e. The number of nitrogens with one attached hydrogen (secondary N) is 1. The Labute approximate surface area is 221 Å². The van der Waals surface area contributed by atoms with Gasteiger partial charge in [0, 0.05) is 23.7 Å². The summed E-state index contributed by atoms with van der Waals surface area (Å²) in [5.74, 6) is 3.19. The molecule has 0 saturated heterocycles. The van der Waals surface area contributed by atoms with Gasteiger partial charge in [-0.3, -0.25) is 9.88 Å². The lowest BCUT2D eigenvalue weighted by molar-refractivity contribution is 0.277. The summed E-state index contributed by atoms with van der Waals surface area (Å²) in [6.07, 6.45) is 1.77. The first-order valence-corrected chi connectivity index (χ1v) is 12.4. The Kier molecular flexibility index (Phi) is 6.90. The number of rotatable bonds is 7. The third-order valence-electron chi connectivity index (χ3n) is 6.55. The van der Waals surface area contributed by atoms with Crippen molar-refractivity contribution in [1.82, 2.24) is 10.3 Å². The molecule has 5 rings (SSSR count). The molecule has 0 fully saturated rings. The molecule has 9 heteroatoms. The fraction of sp³-hybridized carbons (Fsp3) is 0.286. The molecule has 0 radical (unpaired) electrons. The number of aliphatic hydroxyl groups is 1. The highest BCUT2D eigenvalue weighted by molar-refractivity contribution is 7.80. The third kappa shape index (κ3) is 4.34. The molecule has 2 N–H and O–H groups in total. The molecule has 37 heavy (non-hydrogen) atoms. The van der Waals surface area contributed by atoms with Crippen molar-refractivity contribution in [2.75, 3.05) is 25.7 Å². The van der Waals surface area contributed by atoms with Crippen LogP contribution < -0.4 is 29.2 Å². The van der Waals surface area contributed by atoms with Crippen LogP contribution in [0.25, 0.3) is 0 Å². The van der Waals surface area contributed by atoms with Gasteiger partial charge in [-0.2, -0.15) is 0 Å².